The van der Waals surface area contributed by atoms with Gasteiger partial charge in [0, 0.05) is 24.8 Å². The van der Waals surface area contributed by atoms with E-state index in [0.717, 1.165) is 11.3 Å². The molecular weight excluding hydrogens is 236 g/mol. The highest BCUT2D eigenvalue weighted by Gasteiger charge is 2.17. The number of hydrogen-bond donors (Lipinski definition) is 3. The van der Waals surface area contributed by atoms with Crippen molar-refractivity contribution in [3.63, 3.8) is 0 Å². The zero-order valence-corrected chi connectivity index (χ0v) is 10.7. The number of hydrogen-bond acceptors (Lipinski definition) is 3. The lowest BCUT2D eigenvalue weighted by Gasteiger charge is -2.13. The molecule has 0 radical (unpaired) electrons. The third-order valence-electron chi connectivity index (χ3n) is 2.79. The van der Waals surface area contributed by atoms with Crippen molar-refractivity contribution in [1.82, 2.24) is 20.4 Å². The number of aromatic nitrogens is 2. The molecule has 2 amide bonds. The summed E-state index contributed by atoms with van der Waals surface area (Å²) < 4.78 is 1.71. The maximum absolute atomic E-state index is 11.5. The Balaban J connectivity index is 2.46. The van der Waals surface area contributed by atoms with Gasteiger partial charge in [0.25, 0.3) is 0 Å². The van der Waals surface area contributed by atoms with Crippen molar-refractivity contribution in [1.29, 1.82) is 0 Å². The van der Waals surface area contributed by atoms with Crippen molar-refractivity contribution >= 4 is 12.0 Å². The van der Waals surface area contributed by atoms with Crippen molar-refractivity contribution in [2.45, 2.75) is 32.9 Å². The molecule has 0 saturated carbocycles. The Morgan fingerprint density at radius 1 is 1.56 bits per heavy atom. The van der Waals surface area contributed by atoms with E-state index < -0.39 is 18.0 Å². The molecule has 0 aliphatic heterocycles. The molecule has 1 aromatic heterocycles. The minimum absolute atomic E-state index is 0.321. The van der Waals surface area contributed by atoms with Crippen LogP contribution in [0.2, 0.25) is 0 Å². The smallest absolute Gasteiger partial charge is 0.326 e. The van der Waals surface area contributed by atoms with Crippen LogP contribution in [0.1, 0.15) is 24.6 Å². The molecule has 1 rings (SSSR count). The van der Waals surface area contributed by atoms with Crippen molar-refractivity contribution in [2.24, 2.45) is 7.05 Å². The van der Waals surface area contributed by atoms with Crippen LogP contribution in [0.3, 0.4) is 0 Å². The maximum Gasteiger partial charge on any atom is 0.326 e. The van der Waals surface area contributed by atoms with Crippen LogP contribution in [0.4, 0.5) is 4.79 Å². The predicted octanol–water partition coefficient (Wildman–Crippen LogP) is 0.391. The number of nitrogens with one attached hydrogen (secondary N) is 2. The Labute approximate surface area is 105 Å². The fourth-order valence-corrected chi connectivity index (χ4v) is 1.44. The van der Waals surface area contributed by atoms with Crippen LogP contribution in [-0.4, -0.2) is 32.9 Å². The highest BCUT2D eigenvalue weighted by atomic mass is 16.4. The van der Waals surface area contributed by atoms with E-state index >= 15 is 0 Å². The highest BCUT2D eigenvalue weighted by Crippen LogP contribution is 2.04. The van der Waals surface area contributed by atoms with Crippen LogP contribution >= 0.6 is 0 Å². The van der Waals surface area contributed by atoms with Gasteiger partial charge in [-0.25, -0.2) is 9.59 Å². The van der Waals surface area contributed by atoms with E-state index in [1.165, 1.54) is 0 Å². The van der Waals surface area contributed by atoms with Gasteiger partial charge in [-0.2, -0.15) is 5.10 Å². The Hall–Kier alpha value is -2.05. The third-order valence-corrected chi connectivity index (χ3v) is 2.79. The number of aryl methyl sites for hydroxylation is 1. The number of aliphatic carboxylic acids is 1. The molecule has 0 bridgehead atoms. The monoisotopic (exact) mass is 254 g/mol. The first-order chi connectivity index (χ1) is 8.45. The predicted molar refractivity (Wildman–Crippen MR) is 65.0 cm³/mol. The standard InChI is InChI=1S/C11H18N4O3/c1-4-9(10(16)17)14-11(18)12-5-8-6-13-15(3)7(8)2/h6,9H,4-5H2,1-3H3,(H,16,17)(H2,12,14,18)/t9-/m0/s1. The second-order valence-corrected chi connectivity index (χ2v) is 4.00. The largest absolute Gasteiger partial charge is 0.480 e. The minimum atomic E-state index is -1.04. The molecule has 1 heterocycles. The van der Waals surface area contributed by atoms with E-state index in [2.05, 4.69) is 15.7 Å². The average Bonchev–Trinajstić information content (AvgIpc) is 2.64. The average molecular weight is 254 g/mol. The zero-order valence-electron chi connectivity index (χ0n) is 10.7. The van der Waals surface area contributed by atoms with Crippen LogP contribution in [0.5, 0.6) is 0 Å². The van der Waals surface area contributed by atoms with Gasteiger partial charge in [-0.1, -0.05) is 6.92 Å². The van der Waals surface area contributed by atoms with Crippen molar-refractivity contribution in [2.75, 3.05) is 0 Å². The quantitative estimate of drug-likeness (QED) is 0.708. The van der Waals surface area contributed by atoms with E-state index in [9.17, 15) is 9.59 Å². The summed E-state index contributed by atoms with van der Waals surface area (Å²) in [5, 5.41) is 17.8. The first-order valence-electron chi connectivity index (χ1n) is 5.70. The molecule has 0 fully saturated rings. The summed E-state index contributed by atoms with van der Waals surface area (Å²) in [6.45, 7) is 3.92. The Bertz CT molecular complexity index is 441. The first kappa shape index (κ1) is 14.0. The molecule has 100 valence electrons. The molecule has 18 heavy (non-hydrogen) atoms. The van der Waals surface area contributed by atoms with E-state index in [0.29, 0.717) is 13.0 Å². The second kappa shape index (κ2) is 6.04. The van der Waals surface area contributed by atoms with Gasteiger partial charge < -0.3 is 15.7 Å². The van der Waals surface area contributed by atoms with E-state index in [-0.39, 0.29) is 0 Å². The minimum Gasteiger partial charge on any atom is -0.480 e. The van der Waals surface area contributed by atoms with Crippen LogP contribution in [-0.2, 0) is 18.4 Å². The molecule has 1 atom stereocenters. The SMILES string of the molecule is CC[C@H](NC(=O)NCc1cnn(C)c1C)C(=O)O. The van der Waals surface area contributed by atoms with Crippen molar-refractivity contribution in [3.8, 4) is 0 Å². The Kier molecular flexibility index (Phi) is 4.70. The van der Waals surface area contributed by atoms with Gasteiger partial charge in [0.15, 0.2) is 0 Å². The number of carbonyl (C=O) groups is 2. The van der Waals surface area contributed by atoms with E-state index in [1.54, 1.807) is 17.8 Å². The lowest BCUT2D eigenvalue weighted by Crippen LogP contribution is -2.45. The molecule has 0 saturated heterocycles. The second-order valence-electron chi connectivity index (χ2n) is 4.00. The van der Waals surface area contributed by atoms with E-state index in [4.69, 9.17) is 5.11 Å². The number of rotatable bonds is 5. The molecular formula is C11H18N4O3. The number of nitrogens with zero attached hydrogens (tertiary/aromatic N) is 2. The fraction of sp³-hybridized carbons (Fsp3) is 0.545. The molecule has 7 nitrogen and oxygen atoms in total. The number of amides is 2. The summed E-state index contributed by atoms with van der Waals surface area (Å²) in [5.41, 5.74) is 1.86. The first-order valence-corrected chi connectivity index (χ1v) is 5.70. The van der Waals surface area contributed by atoms with Crippen LogP contribution < -0.4 is 10.6 Å². The van der Waals surface area contributed by atoms with E-state index in [1.807, 2.05) is 14.0 Å². The highest BCUT2D eigenvalue weighted by molar-refractivity contribution is 5.82. The van der Waals surface area contributed by atoms with Gasteiger partial charge in [0.1, 0.15) is 6.04 Å². The number of carboxylic acid groups (broad SMARTS) is 1. The molecule has 7 heteroatoms. The maximum atomic E-state index is 11.5. The molecule has 1 aromatic rings. The topological polar surface area (TPSA) is 96.3 Å². The third kappa shape index (κ3) is 3.47. The summed E-state index contributed by atoms with van der Waals surface area (Å²) in [5.74, 6) is -1.04. The molecule has 3 N–H and O–H groups in total. The van der Waals surface area contributed by atoms with Crippen molar-refractivity contribution < 1.29 is 14.7 Å². The summed E-state index contributed by atoms with van der Waals surface area (Å²) in [7, 11) is 1.82. The van der Waals surface area contributed by atoms with Crippen molar-refractivity contribution in [3.05, 3.63) is 17.5 Å². The molecule has 0 unspecified atom stereocenters. The van der Waals surface area contributed by atoms with Crippen LogP contribution in [0.15, 0.2) is 6.20 Å². The van der Waals surface area contributed by atoms with Gasteiger partial charge in [0.05, 0.1) is 6.20 Å². The zero-order chi connectivity index (χ0) is 13.7. The lowest BCUT2D eigenvalue weighted by atomic mass is 10.2. The molecule has 0 aromatic carbocycles. The molecule has 0 aliphatic rings. The summed E-state index contributed by atoms with van der Waals surface area (Å²) in [6, 6.07) is -1.35. The van der Waals surface area contributed by atoms with Gasteiger partial charge in [-0.3, -0.25) is 4.68 Å². The summed E-state index contributed by atoms with van der Waals surface area (Å²) in [4.78, 5) is 22.2. The van der Waals surface area contributed by atoms with Gasteiger partial charge in [-0.15, -0.1) is 0 Å². The van der Waals surface area contributed by atoms with Gasteiger partial charge in [0.2, 0.25) is 0 Å². The molecule has 0 spiro atoms. The number of carboxylic acids is 1. The summed E-state index contributed by atoms with van der Waals surface area (Å²) in [6.07, 6.45) is 2.01. The summed E-state index contributed by atoms with van der Waals surface area (Å²) >= 11 is 0. The lowest BCUT2D eigenvalue weighted by molar-refractivity contribution is -0.139. The van der Waals surface area contributed by atoms with Gasteiger partial charge >= 0.3 is 12.0 Å². The molecule has 0 aliphatic carbocycles. The Morgan fingerprint density at radius 2 is 2.22 bits per heavy atom. The van der Waals surface area contributed by atoms with Crippen LogP contribution in [0, 0.1) is 6.92 Å². The normalized spacial score (nSPS) is 11.9. The fourth-order valence-electron chi connectivity index (χ4n) is 1.44. The van der Waals surface area contributed by atoms with Crippen LogP contribution in [0.25, 0.3) is 0 Å². The number of carbonyl (C=O) groups excluding carboxylic acids is 1. The van der Waals surface area contributed by atoms with Gasteiger partial charge in [-0.05, 0) is 13.3 Å². The Morgan fingerprint density at radius 3 is 2.67 bits per heavy atom. The number of urea groups is 1.